The second kappa shape index (κ2) is 7.64. The predicted octanol–water partition coefficient (Wildman–Crippen LogP) is 5.05. The molecule has 140 valence electrons. The van der Waals surface area contributed by atoms with E-state index in [1.807, 2.05) is 60.7 Å². The molecule has 1 aliphatic rings. The fourth-order valence-corrected chi connectivity index (χ4v) is 4.23. The fourth-order valence-electron chi connectivity index (χ4n) is 3.83. The van der Waals surface area contributed by atoms with Crippen molar-refractivity contribution in [1.29, 1.82) is 0 Å². The molecular formula is C24H21BrN2O. The molecule has 1 atom stereocenters. The minimum absolute atomic E-state index is 0.0242. The Hall–Kier alpha value is -2.85. The van der Waals surface area contributed by atoms with E-state index in [9.17, 15) is 4.79 Å². The molecule has 0 aliphatic heterocycles. The highest BCUT2D eigenvalue weighted by Gasteiger charge is 2.60. The SMILES string of the molecule is C=C(NNC(=O)[C@H]1CC1(c1ccccc1)c1ccccc1)c1cccc(Br)c1. The summed E-state index contributed by atoms with van der Waals surface area (Å²) in [5, 5.41) is 0. The summed E-state index contributed by atoms with van der Waals surface area (Å²) in [6.45, 7) is 4.02. The first-order chi connectivity index (χ1) is 13.6. The van der Waals surface area contributed by atoms with Crippen molar-refractivity contribution in [2.75, 3.05) is 0 Å². The Morgan fingerprint density at radius 3 is 2.07 bits per heavy atom. The van der Waals surface area contributed by atoms with Crippen molar-refractivity contribution in [3.05, 3.63) is 113 Å². The molecule has 1 aliphatic carbocycles. The lowest BCUT2D eigenvalue weighted by Gasteiger charge is -2.19. The smallest absolute Gasteiger partial charge is 0.242 e. The van der Waals surface area contributed by atoms with Crippen molar-refractivity contribution in [3.8, 4) is 0 Å². The summed E-state index contributed by atoms with van der Waals surface area (Å²) in [6.07, 6.45) is 0.790. The van der Waals surface area contributed by atoms with Gasteiger partial charge in [0, 0.05) is 9.89 Å². The van der Waals surface area contributed by atoms with Gasteiger partial charge in [-0.1, -0.05) is 95.3 Å². The average molecular weight is 433 g/mol. The molecule has 0 unspecified atom stereocenters. The van der Waals surface area contributed by atoms with Crippen LogP contribution in [-0.2, 0) is 10.2 Å². The topological polar surface area (TPSA) is 41.1 Å². The highest BCUT2D eigenvalue weighted by Crippen LogP contribution is 2.58. The number of carbonyl (C=O) groups excluding carboxylic acids is 1. The number of halogens is 1. The summed E-state index contributed by atoms with van der Waals surface area (Å²) >= 11 is 3.45. The zero-order valence-corrected chi connectivity index (χ0v) is 16.9. The van der Waals surface area contributed by atoms with E-state index in [1.165, 1.54) is 11.1 Å². The summed E-state index contributed by atoms with van der Waals surface area (Å²) in [6, 6.07) is 28.3. The Kier molecular flexibility index (Phi) is 5.05. The molecule has 4 rings (SSSR count). The maximum Gasteiger partial charge on any atom is 0.242 e. The Balaban J connectivity index is 1.51. The molecular weight excluding hydrogens is 412 g/mol. The standard InChI is InChI=1S/C24H21BrN2O/c1-17(18-9-8-14-21(25)15-18)26-27-23(28)22-16-24(22,19-10-4-2-5-11-19)20-12-6-3-7-13-20/h2-15,22,26H,1,16H2,(H,27,28)/t22-/m1/s1. The van der Waals surface area contributed by atoms with Gasteiger partial charge in [0.2, 0.25) is 5.91 Å². The molecule has 0 heterocycles. The lowest BCUT2D eigenvalue weighted by atomic mass is 9.85. The third-order valence-corrected chi connectivity index (χ3v) is 5.86. The van der Waals surface area contributed by atoms with Gasteiger partial charge in [-0.25, -0.2) is 0 Å². The third kappa shape index (κ3) is 3.48. The van der Waals surface area contributed by atoms with Gasteiger partial charge in [0.15, 0.2) is 0 Å². The Labute approximate surface area is 173 Å². The lowest BCUT2D eigenvalue weighted by molar-refractivity contribution is -0.123. The molecule has 1 saturated carbocycles. The van der Waals surface area contributed by atoms with Gasteiger partial charge in [-0.15, -0.1) is 0 Å². The maximum atomic E-state index is 12.9. The van der Waals surface area contributed by atoms with E-state index < -0.39 is 0 Å². The van der Waals surface area contributed by atoms with Crippen LogP contribution in [0.5, 0.6) is 0 Å². The number of benzene rings is 3. The highest BCUT2D eigenvalue weighted by molar-refractivity contribution is 9.10. The second-order valence-electron chi connectivity index (χ2n) is 7.06. The Morgan fingerprint density at radius 1 is 0.893 bits per heavy atom. The largest absolute Gasteiger partial charge is 0.299 e. The van der Waals surface area contributed by atoms with Crippen molar-refractivity contribution in [1.82, 2.24) is 10.9 Å². The normalized spacial score (nSPS) is 16.8. The van der Waals surface area contributed by atoms with Crippen molar-refractivity contribution in [2.45, 2.75) is 11.8 Å². The van der Waals surface area contributed by atoms with Gasteiger partial charge in [-0.05, 0) is 35.2 Å². The number of hydrazine groups is 1. The lowest BCUT2D eigenvalue weighted by Crippen LogP contribution is -2.38. The summed E-state index contributed by atoms with van der Waals surface area (Å²) < 4.78 is 0.966. The molecule has 0 spiro atoms. The van der Waals surface area contributed by atoms with E-state index in [2.05, 4.69) is 57.6 Å². The Morgan fingerprint density at radius 2 is 1.50 bits per heavy atom. The van der Waals surface area contributed by atoms with Crippen LogP contribution in [0, 0.1) is 5.92 Å². The first-order valence-electron chi connectivity index (χ1n) is 9.23. The van der Waals surface area contributed by atoms with Crippen LogP contribution in [-0.4, -0.2) is 5.91 Å². The van der Waals surface area contributed by atoms with Crippen LogP contribution < -0.4 is 10.9 Å². The fraction of sp³-hybridized carbons (Fsp3) is 0.125. The first-order valence-corrected chi connectivity index (χ1v) is 10.0. The Bertz CT molecular complexity index is 962. The van der Waals surface area contributed by atoms with Gasteiger partial charge in [-0.2, -0.15) is 0 Å². The molecule has 0 bridgehead atoms. The molecule has 0 saturated heterocycles. The van der Waals surface area contributed by atoms with Crippen molar-refractivity contribution < 1.29 is 4.79 Å². The molecule has 3 aromatic rings. The number of amides is 1. The molecule has 0 aromatic heterocycles. The van der Waals surface area contributed by atoms with Crippen LogP contribution in [0.1, 0.15) is 23.1 Å². The molecule has 28 heavy (non-hydrogen) atoms. The van der Waals surface area contributed by atoms with Gasteiger partial charge in [0.25, 0.3) is 0 Å². The molecule has 2 N–H and O–H groups in total. The number of carbonyl (C=O) groups is 1. The summed E-state index contributed by atoms with van der Waals surface area (Å²) in [5.74, 6) is -0.149. The van der Waals surface area contributed by atoms with E-state index in [0.717, 1.165) is 16.5 Å². The first kappa shape index (κ1) is 18.5. The minimum atomic E-state index is -0.272. The number of rotatable bonds is 6. The van der Waals surface area contributed by atoms with Crippen LogP contribution in [0.15, 0.2) is 96.0 Å². The van der Waals surface area contributed by atoms with E-state index in [-0.39, 0.29) is 17.2 Å². The quantitative estimate of drug-likeness (QED) is 0.535. The van der Waals surface area contributed by atoms with Crippen molar-refractivity contribution in [2.24, 2.45) is 5.92 Å². The monoisotopic (exact) mass is 432 g/mol. The third-order valence-electron chi connectivity index (χ3n) is 5.36. The van der Waals surface area contributed by atoms with Crippen molar-refractivity contribution >= 4 is 27.5 Å². The molecule has 1 fully saturated rings. The van der Waals surface area contributed by atoms with Crippen LogP contribution in [0.3, 0.4) is 0 Å². The van der Waals surface area contributed by atoms with E-state index in [1.54, 1.807) is 0 Å². The molecule has 4 heteroatoms. The molecule has 3 nitrogen and oxygen atoms in total. The second-order valence-corrected chi connectivity index (χ2v) is 7.98. The van der Waals surface area contributed by atoms with E-state index >= 15 is 0 Å². The van der Waals surface area contributed by atoms with E-state index in [0.29, 0.717) is 5.70 Å². The molecule has 1 amide bonds. The molecule has 0 radical (unpaired) electrons. The van der Waals surface area contributed by atoms with Crippen LogP contribution in [0.4, 0.5) is 0 Å². The summed E-state index contributed by atoms with van der Waals surface area (Å²) in [5.41, 5.74) is 9.47. The van der Waals surface area contributed by atoms with Gasteiger partial charge < -0.3 is 0 Å². The average Bonchev–Trinajstić information content (AvgIpc) is 3.50. The predicted molar refractivity (Wildman–Crippen MR) is 116 cm³/mol. The highest BCUT2D eigenvalue weighted by atomic mass is 79.9. The van der Waals surface area contributed by atoms with Gasteiger partial charge in [0.05, 0.1) is 11.6 Å². The number of nitrogens with one attached hydrogen (secondary N) is 2. The van der Waals surface area contributed by atoms with E-state index in [4.69, 9.17) is 0 Å². The van der Waals surface area contributed by atoms with Gasteiger partial charge >= 0.3 is 0 Å². The summed E-state index contributed by atoms with van der Waals surface area (Å²) in [4.78, 5) is 12.9. The minimum Gasteiger partial charge on any atom is -0.299 e. The van der Waals surface area contributed by atoms with Crippen molar-refractivity contribution in [3.63, 3.8) is 0 Å². The van der Waals surface area contributed by atoms with Gasteiger partial charge in [-0.3, -0.25) is 15.6 Å². The zero-order valence-electron chi connectivity index (χ0n) is 15.4. The van der Waals surface area contributed by atoms with Gasteiger partial charge in [0.1, 0.15) is 0 Å². The molecule has 3 aromatic carbocycles. The van der Waals surface area contributed by atoms with Crippen LogP contribution >= 0.6 is 15.9 Å². The zero-order chi connectivity index (χ0) is 19.6. The number of hydrogen-bond acceptors (Lipinski definition) is 2. The van der Waals surface area contributed by atoms with Crippen LogP contribution in [0.25, 0.3) is 5.70 Å². The van der Waals surface area contributed by atoms with Crippen LogP contribution in [0.2, 0.25) is 0 Å². The maximum absolute atomic E-state index is 12.9. The summed E-state index contributed by atoms with van der Waals surface area (Å²) in [7, 11) is 0. The number of hydrogen-bond donors (Lipinski definition) is 2.